The molecular formula is C25H21N5O2S. The van der Waals surface area contributed by atoms with Gasteiger partial charge in [0, 0.05) is 29.5 Å². The average molecular weight is 456 g/mol. The highest BCUT2D eigenvalue weighted by Crippen LogP contribution is 2.35. The number of allylic oxidation sites excluding steroid dienone is 4. The molecule has 0 saturated heterocycles. The Labute approximate surface area is 193 Å². The summed E-state index contributed by atoms with van der Waals surface area (Å²) >= 11 is 0. The van der Waals surface area contributed by atoms with E-state index in [2.05, 4.69) is 49.0 Å². The average Bonchev–Trinajstić information content (AvgIpc) is 2.88. The van der Waals surface area contributed by atoms with Crippen LogP contribution in [0.2, 0.25) is 0 Å². The van der Waals surface area contributed by atoms with Crippen molar-refractivity contribution in [1.82, 2.24) is 19.9 Å². The Hall–Kier alpha value is -3.91. The summed E-state index contributed by atoms with van der Waals surface area (Å²) in [6.07, 6.45) is 15.2. The molecule has 7 nitrogen and oxygen atoms in total. The van der Waals surface area contributed by atoms with Crippen molar-refractivity contribution in [3.05, 3.63) is 85.1 Å². The van der Waals surface area contributed by atoms with E-state index in [0.29, 0.717) is 16.6 Å². The maximum atomic E-state index is 12.8. The summed E-state index contributed by atoms with van der Waals surface area (Å²) in [5.74, 6) is 1.01. The molecule has 33 heavy (non-hydrogen) atoms. The number of ether oxygens (including phenoxy) is 1. The van der Waals surface area contributed by atoms with E-state index in [1.807, 2.05) is 30.5 Å². The molecule has 0 saturated carbocycles. The Morgan fingerprint density at radius 2 is 1.97 bits per heavy atom. The fraction of sp³-hybridized carbons (Fsp3) is 0.120. The van der Waals surface area contributed by atoms with Crippen molar-refractivity contribution in [1.29, 1.82) is 0 Å². The first kappa shape index (κ1) is 21.0. The fourth-order valence-electron chi connectivity index (χ4n) is 3.76. The number of rotatable bonds is 6. The molecule has 3 aromatic heterocycles. The van der Waals surface area contributed by atoms with E-state index in [1.54, 1.807) is 25.6 Å². The summed E-state index contributed by atoms with van der Waals surface area (Å²) in [7, 11) is 0.140. The topological polar surface area (TPSA) is 89.9 Å². The number of aromatic nitrogens is 4. The molecule has 8 heteroatoms. The van der Waals surface area contributed by atoms with Gasteiger partial charge in [0.05, 0.1) is 23.3 Å². The molecule has 0 spiro atoms. The van der Waals surface area contributed by atoms with Gasteiger partial charge >= 0.3 is 0 Å². The first-order valence-electron chi connectivity index (χ1n) is 10.5. The third kappa shape index (κ3) is 4.38. The zero-order valence-electron chi connectivity index (χ0n) is 17.9. The van der Waals surface area contributed by atoms with Gasteiger partial charge in [-0.25, -0.2) is 19.2 Å². The fourth-order valence-corrected chi connectivity index (χ4v) is 4.61. The molecule has 1 aliphatic carbocycles. The zero-order chi connectivity index (χ0) is 22.6. The number of nitrogens with one attached hydrogen (secondary N) is 1. The van der Waals surface area contributed by atoms with Crippen LogP contribution in [0.15, 0.2) is 84.4 Å². The Morgan fingerprint density at radius 1 is 1.03 bits per heavy atom. The lowest BCUT2D eigenvalue weighted by atomic mass is 9.98. The second-order valence-corrected chi connectivity index (χ2v) is 8.64. The van der Waals surface area contributed by atoms with Crippen LogP contribution in [-0.2, 0) is 11.0 Å². The molecule has 164 valence electrons. The lowest BCUT2D eigenvalue weighted by Crippen LogP contribution is -2.06. The van der Waals surface area contributed by atoms with Crippen LogP contribution < -0.4 is 9.46 Å². The van der Waals surface area contributed by atoms with Crippen LogP contribution in [0.3, 0.4) is 0 Å². The highest BCUT2D eigenvalue weighted by molar-refractivity contribution is 7.86. The Bertz CT molecular complexity index is 1400. The van der Waals surface area contributed by atoms with Gasteiger partial charge in [-0.2, -0.15) is 0 Å². The van der Waals surface area contributed by atoms with Gasteiger partial charge in [0.15, 0.2) is 11.0 Å². The molecule has 0 radical (unpaired) electrons. The molecule has 0 amide bonds. The number of anilines is 1. The van der Waals surface area contributed by atoms with Crippen molar-refractivity contribution in [3.8, 4) is 17.1 Å². The van der Waals surface area contributed by atoms with Gasteiger partial charge < -0.3 is 4.74 Å². The molecule has 0 aliphatic heterocycles. The quantitative estimate of drug-likeness (QED) is 0.442. The standard InChI is InChI=1S/C25H21N5O2S/c1-32-25-22(14-19(15-28-25)17-5-3-2-4-6-17)24-21-8-7-20(13-18(21)9-12-27-24)33(31)30-23-10-11-26-16-29-23/h3,5-16H,2,4H2,1H3,(H,26,29,30). The van der Waals surface area contributed by atoms with E-state index < -0.39 is 11.0 Å². The SMILES string of the molecule is COc1ncc(C2=CCCC=C2)cc1-c1nccc2cc(S(=O)Nc3ccncn3)ccc12. The van der Waals surface area contributed by atoms with Gasteiger partial charge in [-0.15, -0.1) is 0 Å². The largest absolute Gasteiger partial charge is 0.481 e. The van der Waals surface area contributed by atoms with Crippen LogP contribution in [0.1, 0.15) is 18.4 Å². The number of pyridine rings is 2. The second-order valence-electron chi connectivity index (χ2n) is 7.43. The Kier molecular flexibility index (Phi) is 5.91. The maximum Gasteiger partial charge on any atom is 0.222 e. The lowest BCUT2D eigenvalue weighted by molar-refractivity contribution is 0.399. The molecule has 1 N–H and O–H groups in total. The third-order valence-electron chi connectivity index (χ3n) is 5.36. The summed E-state index contributed by atoms with van der Waals surface area (Å²) in [5.41, 5.74) is 3.74. The van der Waals surface area contributed by atoms with Crippen LogP contribution >= 0.6 is 0 Å². The van der Waals surface area contributed by atoms with Gasteiger partial charge in [0.2, 0.25) is 5.88 Å². The second kappa shape index (κ2) is 9.30. The minimum absolute atomic E-state index is 0.498. The highest BCUT2D eigenvalue weighted by atomic mass is 32.2. The van der Waals surface area contributed by atoms with E-state index >= 15 is 0 Å². The van der Waals surface area contributed by atoms with Crippen molar-refractivity contribution in [2.45, 2.75) is 17.7 Å². The number of hydrogen-bond acceptors (Lipinski definition) is 6. The van der Waals surface area contributed by atoms with E-state index in [1.165, 1.54) is 6.33 Å². The van der Waals surface area contributed by atoms with Crippen LogP contribution in [0.25, 0.3) is 27.6 Å². The van der Waals surface area contributed by atoms with E-state index in [9.17, 15) is 4.21 Å². The van der Waals surface area contributed by atoms with Gasteiger partial charge in [0.1, 0.15) is 12.1 Å². The molecule has 5 rings (SSSR count). The molecule has 1 aromatic carbocycles. The zero-order valence-corrected chi connectivity index (χ0v) is 18.7. The van der Waals surface area contributed by atoms with E-state index in [4.69, 9.17) is 4.74 Å². The van der Waals surface area contributed by atoms with Crippen molar-refractivity contribution in [2.24, 2.45) is 0 Å². The molecule has 3 heterocycles. The number of hydrogen-bond donors (Lipinski definition) is 1. The smallest absolute Gasteiger partial charge is 0.222 e. The van der Waals surface area contributed by atoms with Gasteiger partial charge in [-0.3, -0.25) is 9.71 Å². The maximum absolute atomic E-state index is 12.8. The van der Waals surface area contributed by atoms with Crippen molar-refractivity contribution < 1.29 is 8.95 Å². The highest BCUT2D eigenvalue weighted by Gasteiger charge is 2.16. The summed E-state index contributed by atoms with van der Waals surface area (Å²) in [4.78, 5) is 17.8. The summed E-state index contributed by atoms with van der Waals surface area (Å²) in [6.45, 7) is 0. The Balaban J connectivity index is 1.54. The van der Waals surface area contributed by atoms with Crippen molar-refractivity contribution in [3.63, 3.8) is 0 Å². The number of benzene rings is 1. The molecule has 0 bridgehead atoms. The van der Waals surface area contributed by atoms with Crippen LogP contribution in [0.5, 0.6) is 5.88 Å². The summed E-state index contributed by atoms with van der Waals surface area (Å²) in [5, 5.41) is 1.84. The molecular weight excluding hydrogens is 434 g/mol. The first-order valence-corrected chi connectivity index (χ1v) is 11.6. The van der Waals surface area contributed by atoms with Crippen LogP contribution in [-0.4, -0.2) is 31.3 Å². The minimum Gasteiger partial charge on any atom is -0.481 e. The summed E-state index contributed by atoms with van der Waals surface area (Å²) in [6, 6.07) is 11.3. The normalized spacial score (nSPS) is 14.0. The molecule has 1 aliphatic rings. The molecule has 0 fully saturated rings. The first-order chi connectivity index (χ1) is 16.2. The van der Waals surface area contributed by atoms with E-state index in [-0.39, 0.29) is 0 Å². The predicted octanol–water partition coefficient (Wildman–Crippen LogP) is 4.96. The van der Waals surface area contributed by atoms with Crippen molar-refractivity contribution in [2.75, 3.05) is 11.8 Å². The van der Waals surface area contributed by atoms with Gasteiger partial charge in [-0.1, -0.05) is 24.3 Å². The van der Waals surface area contributed by atoms with Crippen LogP contribution in [0, 0.1) is 0 Å². The Morgan fingerprint density at radius 3 is 2.76 bits per heavy atom. The monoisotopic (exact) mass is 455 g/mol. The molecule has 4 aromatic rings. The molecule has 1 unspecified atom stereocenters. The minimum atomic E-state index is -1.47. The van der Waals surface area contributed by atoms with E-state index in [0.717, 1.165) is 46.0 Å². The summed E-state index contributed by atoms with van der Waals surface area (Å²) < 4.78 is 21.3. The van der Waals surface area contributed by atoms with Gasteiger partial charge in [-0.05, 0) is 54.1 Å². The number of nitrogens with zero attached hydrogens (tertiary/aromatic N) is 4. The van der Waals surface area contributed by atoms with Gasteiger partial charge in [0.25, 0.3) is 0 Å². The number of methoxy groups -OCH3 is 1. The lowest BCUT2D eigenvalue weighted by Gasteiger charge is -2.13. The number of fused-ring (bicyclic) bond motifs is 1. The predicted molar refractivity (Wildman–Crippen MR) is 130 cm³/mol. The van der Waals surface area contributed by atoms with Crippen LogP contribution in [0.4, 0.5) is 5.82 Å². The third-order valence-corrected chi connectivity index (χ3v) is 6.43. The van der Waals surface area contributed by atoms with Crippen molar-refractivity contribution >= 4 is 33.1 Å². The molecule has 1 atom stereocenters.